The second kappa shape index (κ2) is 6.15. The van der Waals surface area contributed by atoms with Crippen molar-refractivity contribution in [3.63, 3.8) is 0 Å². The molecule has 1 aromatic heterocycles. The highest BCUT2D eigenvalue weighted by atomic mass is 32.1. The van der Waals surface area contributed by atoms with Gasteiger partial charge in [0.15, 0.2) is 0 Å². The molecule has 2 fully saturated rings. The fourth-order valence-corrected chi connectivity index (χ4v) is 3.47. The van der Waals surface area contributed by atoms with Crippen LogP contribution in [0.25, 0.3) is 0 Å². The number of piperazine rings is 1. The normalized spacial score (nSPS) is 19.6. The number of carbonyl (C=O) groups excluding carboxylic acids is 2. The van der Waals surface area contributed by atoms with Gasteiger partial charge in [-0.2, -0.15) is 0 Å². The molecule has 1 aromatic rings. The van der Waals surface area contributed by atoms with Crippen molar-refractivity contribution in [2.75, 3.05) is 32.7 Å². The second-order valence-corrected chi connectivity index (χ2v) is 7.03. The van der Waals surface area contributed by atoms with E-state index in [4.69, 9.17) is 0 Å². The molecule has 2 heterocycles. The molecule has 1 saturated heterocycles. The molecule has 0 radical (unpaired) electrons. The Morgan fingerprint density at radius 2 is 1.95 bits per heavy atom. The van der Waals surface area contributed by atoms with E-state index in [1.54, 1.807) is 6.07 Å². The van der Waals surface area contributed by atoms with Gasteiger partial charge in [-0.3, -0.25) is 14.5 Å². The minimum absolute atomic E-state index is 0.0204. The van der Waals surface area contributed by atoms with E-state index in [0.29, 0.717) is 4.88 Å². The number of hydrogen-bond donors (Lipinski definition) is 1. The zero-order valence-electron chi connectivity index (χ0n) is 12.3. The van der Waals surface area contributed by atoms with Crippen LogP contribution in [0.5, 0.6) is 0 Å². The molecule has 0 unspecified atom stereocenters. The highest BCUT2D eigenvalue weighted by Crippen LogP contribution is 2.27. The van der Waals surface area contributed by atoms with Gasteiger partial charge in [0.05, 0.1) is 11.4 Å². The molecule has 1 N–H and O–H groups in total. The Morgan fingerprint density at radius 1 is 1.24 bits per heavy atom. The number of nitrogens with one attached hydrogen (secondary N) is 1. The first-order chi connectivity index (χ1) is 10.1. The van der Waals surface area contributed by atoms with E-state index in [2.05, 4.69) is 10.2 Å². The summed E-state index contributed by atoms with van der Waals surface area (Å²) in [5.41, 5.74) is 0. The molecular weight excluding hydrogens is 286 g/mol. The predicted molar refractivity (Wildman–Crippen MR) is 82.6 cm³/mol. The summed E-state index contributed by atoms with van der Waals surface area (Å²) in [6, 6.07) is 4.48. The van der Waals surface area contributed by atoms with Gasteiger partial charge in [0.1, 0.15) is 0 Å². The maximum absolute atomic E-state index is 12.1. The molecule has 2 aliphatic rings. The van der Waals surface area contributed by atoms with Gasteiger partial charge >= 0.3 is 0 Å². The summed E-state index contributed by atoms with van der Waals surface area (Å²) in [6.07, 6.45) is 2.62. The maximum atomic E-state index is 12.1. The molecule has 21 heavy (non-hydrogen) atoms. The number of thiophene rings is 1. The fourth-order valence-electron chi connectivity index (χ4n) is 2.69. The van der Waals surface area contributed by atoms with Gasteiger partial charge in [-0.25, -0.2) is 0 Å². The fraction of sp³-hybridized carbons (Fsp3) is 0.600. The SMILES string of the molecule is Cc1ccc(C(=O)NCC(=O)N2CCN(C3CC3)CC2)s1. The van der Waals surface area contributed by atoms with Crippen LogP contribution in [-0.4, -0.2) is 60.4 Å². The molecule has 0 bridgehead atoms. The van der Waals surface area contributed by atoms with Crippen LogP contribution >= 0.6 is 11.3 Å². The van der Waals surface area contributed by atoms with Gasteiger partial charge in [0.2, 0.25) is 5.91 Å². The number of amides is 2. The van der Waals surface area contributed by atoms with Gasteiger partial charge in [0, 0.05) is 37.1 Å². The summed E-state index contributed by atoms with van der Waals surface area (Å²) in [5.74, 6) is -0.134. The minimum atomic E-state index is -0.155. The molecule has 1 saturated carbocycles. The highest BCUT2D eigenvalue weighted by molar-refractivity contribution is 7.13. The van der Waals surface area contributed by atoms with E-state index in [1.807, 2.05) is 17.9 Å². The third-order valence-electron chi connectivity index (χ3n) is 4.09. The molecule has 114 valence electrons. The lowest BCUT2D eigenvalue weighted by atomic mass is 10.3. The summed E-state index contributed by atoms with van der Waals surface area (Å²) >= 11 is 1.45. The standard InChI is InChI=1S/C15H21N3O2S/c1-11-2-5-13(21-11)15(20)16-10-14(19)18-8-6-17(7-9-18)12-3-4-12/h2,5,12H,3-4,6-10H2,1H3,(H,16,20). The van der Waals surface area contributed by atoms with Crippen molar-refractivity contribution in [1.29, 1.82) is 0 Å². The molecule has 0 atom stereocenters. The molecule has 0 aromatic carbocycles. The van der Waals surface area contributed by atoms with Crippen molar-refractivity contribution >= 4 is 23.2 Å². The third-order valence-corrected chi connectivity index (χ3v) is 5.09. The molecule has 2 amide bonds. The second-order valence-electron chi connectivity index (χ2n) is 5.74. The number of rotatable bonds is 4. The van der Waals surface area contributed by atoms with Crippen LogP contribution in [0.3, 0.4) is 0 Å². The quantitative estimate of drug-likeness (QED) is 0.906. The number of nitrogens with zero attached hydrogens (tertiary/aromatic N) is 2. The Balaban J connectivity index is 1.43. The van der Waals surface area contributed by atoms with E-state index in [9.17, 15) is 9.59 Å². The van der Waals surface area contributed by atoms with Crippen LogP contribution < -0.4 is 5.32 Å². The Hall–Kier alpha value is -1.40. The Bertz CT molecular complexity index is 531. The lowest BCUT2D eigenvalue weighted by Crippen LogP contribution is -2.51. The van der Waals surface area contributed by atoms with Crippen LogP contribution in [-0.2, 0) is 4.79 Å². The van der Waals surface area contributed by atoms with E-state index in [-0.39, 0.29) is 18.4 Å². The Morgan fingerprint density at radius 3 is 2.52 bits per heavy atom. The Kier molecular flexibility index (Phi) is 4.26. The molecular formula is C15H21N3O2S. The topological polar surface area (TPSA) is 52.7 Å². The lowest BCUT2D eigenvalue weighted by Gasteiger charge is -2.34. The average Bonchev–Trinajstić information content (AvgIpc) is 3.26. The van der Waals surface area contributed by atoms with Crippen molar-refractivity contribution < 1.29 is 9.59 Å². The van der Waals surface area contributed by atoms with Crippen LogP contribution in [0, 0.1) is 6.92 Å². The minimum Gasteiger partial charge on any atom is -0.342 e. The molecule has 1 aliphatic carbocycles. The maximum Gasteiger partial charge on any atom is 0.261 e. The van der Waals surface area contributed by atoms with Crippen molar-refractivity contribution in [1.82, 2.24) is 15.1 Å². The number of hydrogen-bond acceptors (Lipinski definition) is 4. The van der Waals surface area contributed by atoms with Crippen LogP contribution in [0.4, 0.5) is 0 Å². The summed E-state index contributed by atoms with van der Waals surface area (Å²) in [6.45, 7) is 5.56. The first-order valence-corrected chi connectivity index (χ1v) is 8.31. The van der Waals surface area contributed by atoms with Gasteiger partial charge in [-0.05, 0) is 31.9 Å². The van der Waals surface area contributed by atoms with Crippen LogP contribution in [0.2, 0.25) is 0 Å². The van der Waals surface area contributed by atoms with Crippen LogP contribution in [0.1, 0.15) is 27.4 Å². The van der Waals surface area contributed by atoms with Gasteiger partial charge in [0.25, 0.3) is 5.91 Å². The smallest absolute Gasteiger partial charge is 0.261 e. The zero-order chi connectivity index (χ0) is 14.8. The molecule has 5 nitrogen and oxygen atoms in total. The first-order valence-electron chi connectivity index (χ1n) is 7.50. The summed E-state index contributed by atoms with van der Waals surface area (Å²) < 4.78 is 0. The number of aryl methyl sites for hydroxylation is 1. The zero-order valence-corrected chi connectivity index (χ0v) is 13.1. The first kappa shape index (κ1) is 14.5. The van der Waals surface area contributed by atoms with Crippen molar-refractivity contribution in [3.05, 3.63) is 21.9 Å². The molecule has 0 spiro atoms. The summed E-state index contributed by atoms with van der Waals surface area (Å²) in [5, 5.41) is 2.72. The highest BCUT2D eigenvalue weighted by Gasteiger charge is 2.32. The lowest BCUT2D eigenvalue weighted by molar-refractivity contribution is -0.131. The van der Waals surface area contributed by atoms with E-state index in [0.717, 1.165) is 37.1 Å². The average molecular weight is 307 g/mol. The van der Waals surface area contributed by atoms with Crippen LogP contribution in [0.15, 0.2) is 12.1 Å². The van der Waals surface area contributed by atoms with Crippen molar-refractivity contribution in [2.45, 2.75) is 25.8 Å². The predicted octanol–water partition coefficient (Wildman–Crippen LogP) is 1.09. The van der Waals surface area contributed by atoms with Gasteiger partial charge in [-0.15, -0.1) is 11.3 Å². The van der Waals surface area contributed by atoms with Crippen molar-refractivity contribution in [3.8, 4) is 0 Å². The van der Waals surface area contributed by atoms with Gasteiger partial charge < -0.3 is 10.2 Å². The van der Waals surface area contributed by atoms with E-state index in [1.165, 1.54) is 24.2 Å². The van der Waals surface area contributed by atoms with E-state index >= 15 is 0 Å². The summed E-state index contributed by atoms with van der Waals surface area (Å²) in [4.78, 5) is 30.1. The molecule has 6 heteroatoms. The van der Waals surface area contributed by atoms with Crippen molar-refractivity contribution in [2.24, 2.45) is 0 Å². The monoisotopic (exact) mass is 307 g/mol. The molecule has 1 aliphatic heterocycles. The number of carbonyl (C=O) groups is 2. The largest absolute Gasteiger partial charge is 0.342 e. The Labute approximate surface area is 128 Å². The third kappa shape index (κ3) is 3.63. The van der Waals surface area contributed by atoms with E-state index < -0.39 is 0 Å². The van der Waals surface area contributed by atoms with Gasteiger partial charge in [-0.1, -0.05) is 0 Å². The summed E-state index contributed by atoms with van der Waals surface area (Å²) in [7, 11) is 0. The molecule has 3 rings (SSSR count).